The van der Waals surface area contributed by atoms with Gasteiger partial charge in [0.05, 0.1) is 18.9 Å². The van der Waals surface area contributed by atoms with Gasteiger partial charge in [0.2, 0.25) is 5.91 Å². The molecule has 130 valence electrons. The summed E-state index contributed by atoms with van der Waals surface area (Å²) in [4.78, 5) is 17.5. The number of fused-ring (bicyclic) bond motifs is 1. The number of amides is 1. The summed E-state index contributed by atoms with van der Waals surface area (Å²) in [5, 5.41) is 4.81. The van der Waals surface area contributed by atoms with Gasteiger partial charge in [0, 0.05) is 18.1 Å². The number of alkyl halides is 3. The van der Waals surface area contributed by atoms with Crippen LogP contribution in [0.1, 0.15) is 12.5 Å². The zero-order valence-electron chi connectivity index (χ0n) is 13.2. The van der Waals surface area contributed by atoms with Crippen LogP contribution in [-0.4, -0.2) is 57.0 Å². The minimum atomic E-state index is -4.54. The third-order valence-corrected chi connectivity index (χ3v) is 4.05. The molecule has 1 saturated heterocycles. The van der Waals surface area contributed by atoms with E-state index in [1.165, 1.54) is 11.6 Å². The molecule has 0 saturated carbocycles. The Bertz CT molecular complexity index is 759. The second-order valence-electron chi connectivity index (χ2n) is 5.88. The SMILES string of the molecule is Cc1cnc2c(cnn2CC(=O)N2CCO[C@@H](C)[C@H]2C(F)(F)F)c1. The van der Waals surface area contributed by atoms with Gasteiger partial charge in [0.25, 0.3) is 0 Å². The van der Waals surface area contributed by atoms with Gasteiger partial charge in [-0.15, -0.1) is 0 Å². The Morgan fingerprint density at radius 1 is 1.42 bits per heavy atom. The van der Waals surface area contributed by atoms with Crippen molar-refractivity contribution in [2.45, 2.75) is 38.7 Å². The van der Waals surface area contributed by atoms with E-state index in [0.29, 0.717) is 5.65 Å². The summed E-state index contributed by atoms with van der Waals surface area (Å²) in [7, 11) is 0. The Balaban J connectivity index is 1.84. The number of ether oxygens (including phenoxy) is 1. The summed E-state index contributed by atoms with van der Waals surface area (Å²) in [6, 6.07) is -0.0955. The number of nitrogens with zero attached hydrogens (tertiary/aromatic N) is 4. The highest BCUT2D eigenvalue weighted by Gasteiger charge is 2.50. The van der Waals surface area contributed by atoms with Crippen molar-refractivity contribution in [3.63, 3.8) is 0 Å². The predicted octanol–water partition coefficient (Wildman–Crippen LogP) is 1.92. The van der Waals surface area contributed by atoms with E-state index in [2.05, 4.69) is 10.1 Å². The van der Waals surface area contributed by atoms with Crippen molar-refractivity contribution in [1.82, 2.24) is 19.7 Å². The molecule has 1 aliphatic heterocycles. The monoisotopic (exact) mass is 342 g/mol. The van der Waals surface area contributed by atoms with Gasteiger partial charge in [-0.3, -0.25) is 4.79 Å². The van der Waals surface area contributed by atoms with Crippen LogP contribution < -0.4 is 0 Å². The standard InChI is InChI=1S/C15H17F3N4O2/c1-9-5-11-7-20-22(14(11)19-6-9)8-12(23)21-3-4-24-10(2)13(21)15(16,17)18/h5-7,10,13H,3-4,8H2,1-2H3/t10-,13-/m0/s1. The largest absolute Gasteiger partial charge is 0.411 e. The maximum atomic E-state index is 13.3. The Kier molecular flexibility index (Phi) is 4.20. The number of aryl methyl sites for hydroxylation is 1. The highest BCUT2D eigenvalue weighted by Crippen LogP contribution is 2.31. The fourth-order valence-electron chi connectivity index (χ4n) is 2.96. The first-order valence-electron chi connectivity index (χ1n) is 7.53. The second-order valence-corrected chi connectivity index (χ2v) is 5.88. The molecular formula is C15H17F3N4O2. The van der Waals surface area contributed by atoms with E-state index in [1.54, 1.807) is 12.4 Å². The van der Waals surface area contributed by atoms with Crippen molar-refractivity contribution in [2.75, 3.05) is 13.2 Å². The van der Waals surface area contributed by atoms with Crippen LogP contribution in [-0.2, 0) is 16.1 Å². The van der Waals surface area contributed by atoms with Gasteiger partial charge in [-0.1, -0.05) is 0 Å². The highest BCUT2D eigenvalue weighted by molar-refractivity contribution is 5.80. The minimum absolute atomic E-state index is 0.0801. The topological polar surface area (TPSA) is 60.2 Å². The minimum Gasteiger partial charge on any atom is -0.374 e. The number of pyridine rings is 1. The Hall–Kier alpha value is -2.16. The molecule has 2 aromatic heterocycles. The smallest absolute Gasteiger partial charge is 0.374 e. The third kappa shape index (κ3) is 3.08. The lowest BCUT2D eigenvalue weighted by Crippen LogP contribution is -2.59. The van der Waals surface area contributed by atoms with E-state index in [0.717, 1.165) is 15.8 Å². The average Bonchev–Trinajstić information content (AvgIpc) is 2.87. The van der Waals surface area contributed by atoms with Crippen LogP contribution in [0.4, 0.5) is 13.2 Å². The molecule has 1 aliphatic rings. The molecule has 0 unspecified atom stereocenters. The molecular weight excluding hydrogens is 325 g/mol. The molecule has 0 spiro atoms. The normalized spacial score (nSPS) is 22.1. The van der Waals surface area contributed by atoms with Crippen LogP contribution in [0.15, 0.2) is 18.5 Å². The lowest BCUT2D eigenvalue weighted by Gasteiger charge is -2.40. The van der Waals surface area contributed by atoms with Gasteiger partial charge in [0.15, 0.2) is 11.7 Å². The van der Waals surface area contributed by atoms with E-state index in [4.69, 9.17) is 4.74 Å². The Morgan fingerprint density at radius 2 is 2.17 bits per heavy atom. The van der Waals surface area contributed by atoms with Gasteiger partial charge in [-0.05, 0) is 25.5 Å². The molecule has 24 heavy (non-hydrogen) atoms. The van der Waals surface area contributed by atoms with Gasteiger partial charge in [-0.25, -0.2) is 9.67 Å². The molecule has 0 N–H and O–H groups in total. The van der Waals surface area contributed by atoms with E-state index < -0.39 is 24.2 Å². The zero-order valence-corrected chi connectivity index (χ0v) is 13.2. The summed E-state index contributed by atoms with van der Waals surface area (Å²) < 4.78 is 46.2. The number of morpholine rings is 1. The number of hydrogen-bond donors (Lipinski definition) is 0. The fraction of sp³-hybridized carbons (Fsp3) is 0.533. The van der Waals surface area contributed by atoms with E-state index in [-0.39, 0.29) is 19.7 Å². The van der Waals surface area contributed by atoms with E-state index in [9.17, 15) is 18.0 Å². The second kappa shape index (κ2) is 6.04. The van der Waals surface area contributed by atoms with Crippen molar-refractivity contribution < 1.29 is 22.7 Å². The average molecular weight is 342 g/mol. The molecule has 3 heterocycles. The first-order chi connectivity index (χ1) is 11.3. The van der Waals surface area contributed by atoms with E-state index in [1.807, 2.05) is 13.0 Å². The number of carbonyl (C=O) groups excluding carboxylic acids is 1. The van der Waals surface area contributed by atoms with Gasteiger partial charge in [-0.2, -0.15) is 18.3 Å². The molecule has 0 radical (unpaired) electrons. The zero-order chi connectivity index (χ0) is 17.5. The predicted molar refractivity (Wildman–Crippen MR) is 79.2 cm³/mol. The fourth-order valence-corrected chi connectivity index (χ4v) is 2.96. The summed E-state index contributed by atoms with van der Waals surface area (Å²) >= 11 is 0. The first kappa shape index (κ1) is 16.7. The maximum Gasteiger partial charge on any atom is 0.411 e. The van der Waals surface area contributed by atoms with Crippen LogP contribution in [0, 0.1) is 6.92 Å². The van der Waals surface area contributed by atoms with Gasteiger partial charge in [0.1, 0.15) is 6.54 Å². The lowest BCUT2D eigenvalue weighted by atomic mass is 10.1. The van der Waals surface area contributed by atoms with Crippen molar-refractivity contribution in [3.8, 4) is 0 Å². The summed E-state index contributed by atoms with van der Waals surface area (Å²) in [6.45, 7) is 2.89. The molecule has 0 bridgehead atoms. The first-order valence-corrected chi connectivity index (χ1v) is 7.53. The molecule has 0 aliphatic carbocycles. The number of carbonyl (C=O) groups is 1. The maximum absolute atomic E-state index is 13.3. The number of halogens is 3. The molecule has 2 atom stereocenters. The van der Waals surface area contributed by atoms with Crippen molar-refractivity contribution in [2.24, 2.45) is 0 Å². The molecule has 0 aromatic carbocycles. The number of aromatic nitrogens is 3. The van der Waals surface area contributed by atoms with Gasteiger partial charge < -0.3 is 9.64 Å². The van der Waals surface area contributed by atoms with E-state index >= 15 is 0 Å². The molecule has 9 heteroatoms. The quantitative estimate of drug-likeness (QED) is 0.837. The molecule has 1 amide bonds. The highest BCUT2D eigenvalue weighted by atomic mass is 19.4. The van der Waals surface area contributed by atoms with Gasteiger partial charge >= 0.3 is 6.18 Å². The van der Waals surface area contributed by atoms with Crippen molar-refractivity contribution in [1.29, 1.82) is 0 Å². The van der Waals surface area contributed by atoms with Crippen molar-refractivity contribution in [3.05, 3.63) is 24.0 Å². The number of rotatable bonds is 2. The van der Waals surface area contributed by atoms with Crippen LogP contribution in [0.2, 0.25) is 0 Å². The van der Waals surface area contributed by atoms with Crippen molar-refractivity contribution >= 4 is 16.9 Å². The Labute approximate surface area is 136 Å². The lowest BCUT2D eigenvalue weighted by molar-refractivity contribution is -0.230. The molecule has 3 rings (SSSR count). The number of hydrogen-bond acceptors (Lipinski definition) is 4. The van der Waals surface area contributed by atoms with Crippen LogP contribution in [0.5, 0.6) is 0 Å². The molecule has 1 fully saturated rings. The molecule has 2 aromatic rings. The summed E-state index contributed by atoms with van der Waals surface area (Å²) in [5.41, 5.74) is 1.41. The summed E-state index contributed by atoms with van der Waals surface area (Å²) in [5.74, 6) is -0.653. The third-order valence-electron chi connectivity index (χ3n) is 4.05. The van der Waals surface area contributed by atoms with Crippen LogP contribution in [0.25, 0.3) is 11.0 Å². The van der Waals surface area contributed by atoms with Crippen LogP contribution in [0.3, 0.4) is 0 Å². The Morgan fingerprint density at radius 3 is 2.88 bits per heavy atom. The summed E-state index contributed by atoms with van der Waals surface area (Å²) in [6.07, 6.45) is -2.47. The van der Waals surface area contributed by atoms with Crippen LogP contribution >= 0.6 is 0 Å². The molecule has 6 nitrogen and oxygen atoms in total.